The molecule has 0 spiro atoms. The van der Waals surface area contributed by atoms with Crippen LogP contribution in [0.5, 0.6) is 0 Å². The highest BCUT2D eigenvalue weighted by molar-refractivity contribution is 7.89. The van der Waals surface area contributed by atoms with Crippen molar-refractivity contribution in [3.8, 4) is 0 Å². The molecule has 1 saturated heterocycles. The molecule has 0 bridgehead atoms. The van der Waals surface area contributed by atoms with E-state index in [2.05, 4.69) is 4.72 Å². The Hall–Kier alpha value is -0.530. The smallest absolute Gasteiger partial charge is 0.242 e. The fourth-order valence-corrected chi connectivity index (χ4v) is 3.67. The molecule has 0 aromatic heterocycles. The Morgan fingerprint density at radius 3 is 2.79 bits per heavy atom. The topological polar surface area (TPSA) is 81.4 Å². The van der Waals surface area contributed by atoms with Crippen molar-refractivity contribution in [2.24, 2.45) is 0 Å². The molecular weight excluding hydrogens is 311 g/mol. The number of nitrogens with one attached hydrogen (secondary N) is 1. The number of nitrogen functional groups attached to an aromatic ring is 1. The Kier molecular flexibility index (Phi) is 4.58. The van der Waals surface area contributed by atoms with Crippen LogP contribution in [0.2, 0.25) is 10.0 Å². The summed E-state index contributed by atoms with van der Waals surface area (Å²) in [5.74, 6) is 0. The van der Waals surface area contributed by atoms with Gasteiger partial charge in [-0.2, -0.15) is 0 Å². The van der Waals surface area contributed by atoms with Crippen LogP contribution in [0.25, 0.3) is 0 Å². The molecule has 1 heterocycles. The standard InChI is InChI=1S/C11H14Cl2N2O3S/c12-8-3-4-9(10(13)11(8)14)19(16,17)15-6-7-2-1-5-18-7/h3-4,7,15H,1-2,5-6,14H2. The van der Waals surface area contributed by atoms with E-state index in [9.17, 15) is 8.42 Å². The zero-order chi connectivity index (χ0) is 14.0. The molecule has 0 amide bonds. The van der Waals surface area contributed by atoms with Gasteiger partial charge < -0.3 is 10.5 Å². The molecule has 1 fully saturated rings. The Labute approximate surface area is 122 Å². The van der Waals surface area contributed by atoms with Gasteiger partial charge in [-0.3, -0.25) is 0 Å². The lowest BCUT2D eigenvalue weighted by molar-refractivity contribution is 0.114. The van der Waals surface area contributed by atoms with Crippen LogP contribution in [-0.2, 0) is 14.8 Å². The van der Waals surface area contributed by atoms with E-state index in [0.717, 1.165) is 12.8 Å². The van der Waals surface area contributed by atoms with Crippen molar-refractivity contribution in [2.45, 2.75) is 23.8 Å². The molecule has 3 N–H and O–H groups in total. The normalized spacial score (nSPS) is 19.8. The average molecular weight is 325 g/mol. The minimum atomic E-state index is -3.72. The first-order valence-electron chi connectivity index (χ1n) is 5.76. The highest BCUT2D eigenvalue weighted by Crippen LogP contribution is 2.32. The van der Waals surface area contributed by atoms with E-state index in [-0.39, 0.29) is 33.3 Å². The summed E-state index contributed by atoms with van der Waals surface area (Å²) in [5, 5.41) is 0.162. The zero-order valence-electron chi connectivity index (χ0n) is 10.0. The van der Waals surface area contributed by atoms with E-state index in [1.54, 1.807) is 0 Å². The van der Waals surface area contributed by atoms with Crippen molar-refractivity contribution in [2.75, 3.05) is 18.9 Å². The fourth-order valence-electron chi connectivity index (χ4n) is 1.84. The Bertz CT molecular complexity index is 572. The molecule has 2 rings (SSSR count). The van der Waals surface area contributed by atoms with Crippen molar-refractivity contribution in [3.63, 3.8) is 0 Å². The van der Waals surface area contributed by atoms with Gasteiger partial charge in [-0.1, -0.05) is 23.2 Å². The van der Waals surface area contributed by atoms with Crippen molar-refractivity contribution < 1.29 is 13.2 Å². The van der Waals surface area contributed by atoms with Gasteiger partial charge in [0.15, 0.2) is 0 Å². The second-order valence-electron chi connectivity index (χ2n) is 4.26. The summed E-state index contributed by atoms with van der Waals surface area (Å²) in [6.07, 6.45) is 1.71. The van der Waals surface area contributed by atoms with Gasteiger partial charge in [0.05, 0.1) is 21.8 Å². The number of anilines is 1. The zero-order valence-corrected chi connectivity index (χ0v) is 12.4. The predicted molar refractivity (Wildman–Crippen MR) is 75.0 cm³/mol. The minimum absolute atomic E-state index is 0.0586. The predicted octanol–water partition coefficient (Wildman–Crippen LogP) is 2.03. The van der Waals surface area contributed by atoms with Gasteiger partial charge in [0.2, 0.25) is 10.0 Å². The number of nitrogens with two attached hydrogens (primary N) is 1. The largest absolute Gasteiger partial charge is 0.396 e. The van der Waals surface area contributed by atoms with Crippen molar-refractivity contribution >= 4 is 38.9 Å². The molecule has 1 aliphatic heterocycles. The van der Waals surface area contributed by atoms with Crippen LogP contribution in [0, 0.1) is 0 Å². The highest BCUT2D eigenvalue weighted by Gasteiger charge is 2.23. The molecule has 0 aliphatic carbocycles. The number of rotatable bonds is 4. The SMILES string of the molecule is Nc1c(Cl)ccc(S(=O)(=O)NCC2CCCO2)c1Cl. The third kappa shape index (κ3) is 3.32. The first kappa shape index (κ1) is 14.9. The third-order valence-electron chi connectivity index (χ3n) is 2.91. The van der Waals surface area contributed by atoms with Crippen LogP contribution < -0.4 is 10.5 Å². The molecule has 1 aliphatic rings. The van der Waals surface area contributed by atoms with E-state index >= 15 is 0 Å². The summed E-state index contributed by atoms with van der Waals surface area (Å²) >= 11 is 11.7. The van der Waals surface area contributed by atoms with Crippen LogP contribution >= 0.6 is 23.2 Å². The summed E-state index contributed by atoms with van der Waals surface area (Å²) in [7, 11) is -3.72. The number of sulfonamides is 1. The number of hydrogen-bond donors (Lipinski definition) is 2. The summed E-state index contributed by atoms with van der Waals surface area (Å²) in [4.78, 5) is -0.0749. The Balaban J connectivity index is 2.17. The summed E-state index contributed by atoms with van der Waals surface area (Å²) in [6.45, 7) is 0.891. The van der Waals surface area contributed by atoms with Gasteiger partial charge in [0.1, 0.15) is 4.90 Å². The van der Waals surface area contributed by atoms with E-state index in [1.165, 1.54) is 12.1 Å². The molecule has 0 radical (unpaired) electrons. The van der Waals surface area contributed by atoms with E-state index in [0.29, 0.717) is 6.61 Å². The van der Waals surface area contributed by atoms with E-state index in [1.807, 2.05) is 0 Å². The van der Waals surface area contributed by atoms with Crippen LogP contribution in [-0.4, -0.2) is 27.7 Å². The van der Waals surface area contributed by atoms with Crippen molar-refractivity contribution in [1.82, 2.24) is 4.72 Å². The molecular formula is C11H14Cl2N2O3S. The minimum Gasteiger partial charge on any atom is -0.396 e. The maximum atomic E-state index is 12.1. The van der Waals surface area contributed by atoms with Gasteiger partial charge in [-0.05, 0) is 25.0 Å². The molecule has 1 aromatic rings. The summed E-state index contributed by atoms with van der Waals surface area (Å²) in [6, 6.07) is 2.74. The van der Waals surface area contributed by atoms with Gasteiger partial charge in [0, 0.05) is 13.2 Å². The number of halogens is 2. The molecule has 1 aromatic carbocycles. The first-order chi connectivity index (χ1) is 8.92. The molecule has 106 valence electrons. The molecule has 0 saturated carbocycles. The van der Waals surface area contributed by atoms with Gasteiger partial charge in [0.25, 0.3) is 0 Å². The Morgan fingerprint density at radius 1 is 1.42 bits per heavy atom. The van der Waals surface area contributed by atoms with Crippen LogP contribution in [0.4, 0.5) is 5.69 Å². The molecule has 8 heteroatoms. The quantitative estimate of drug-likeness (QED) is 0.830. The summed E-state index contributed by atoms with van der Waals surface area (Å²) < 4.78 is 32.1. The second kappa shape index (κ2) is 5.85. The van der Waals surface area contributed by atoms with Gasteiger partial charge in [-0.15, -0.1) is 0 Å². The molecule has 5 nitrogen and oxygen atoms in total. The fraction of sp³-hybridized carbons (Fsp3) is 0.455. The first-order valence-corrected chi connectivity index (χ1v) is 8.00. The van der Waals surface area contributed by atoms with Crippen molar-refractivity contribution in [1.29, 1.82) is 0 Å². The lowest BCUT2D eigenvalue weighted by Crippen LogP contribution is -2.32. The number of ether oxygens (including phenoxy) is 1. The van der Waals surface area contributed by atoms with E-state index < -0.39 is 10.0 Å². The highest BCUT2D eigenvalue weighted by atomic mass is 35.5. The van der Waals surface area contributed by atoms with Gasteiger partial charge >= 0.3 is 0 Å². The van der Waals surface area contributed by atoms with Crippen LogP contribution in [0.15, 0.2) is 17.0 Å². The van der Waals surface area contributed by atoms with Crippen LogP contribution in [0.1, 0.15) is 12.8 Å². The number of hydrogen-bond acceptors (Lipinski definition) is 4. The molecule has 1 atom stereocenters. The summed E-state index contributed by atoms with van der Waals surface area (Å²) in [5.41, 5.74) is 5.68. The molecule has 1 unspecified atom stereocenters. The molecule has 19 heavy (non-hydrogen) atoms. The average Bonchev–Trinajstić information content (AvgIpc) is 2.86. The van der Waals surface area contributed by atoms with Crippen molar-refractivity contribution in [3.05, 3.63) is 22.2 Å². The van der Waals surface area contributed by atoms with Crippen LogP contribution in [0.3, 0.4) is 0 Å². The second-order valence-corrected chi connectivity index (χ2v) is 6.78. The third-order valence-corrected chi connectivity index (χ3v) is 5.22. The monoisotopic (exact) mass is 324 g/mol. The van der Waals surface area contributed by atoms with Gasteiger partial charge in [-0.25, -0.2) is 13.1 Å². The maximum Gasteiger partial charge on any atom is 0.242 e. The maximum absolute atomic E-state index is 12.1. The van der Waals surface area contributed by atoms with E-state index in [4.69, 9.17) is 33.7 Å². The lowest BCUT2D eigenvalue weighted by Gasteiger charge is -2.13. The lowest BCUT2D eigenvalue weighted by atomic mass is 10.2. The number of benzene rings is 1. The Morgan fingerprint density at radius 2 is 2.16 bits per heavy atom.